The third-order valence-electron chi connectivity index (χ3n) is 3.07. The standard InChI is InChI=1S/C16H17N3OS/c17-10-13-7-4-8-19-16(13)21-15(9-14(18)11-20)12-5-2-1-3-6-12/h1-8,14-15,20H,9,11,18H2/t14-,15+/m0/s1. The van der Waals surface area contributed by atoms with Gasteiger partial charge in [0, 0.05) is 17.5 Å². The van der Waals surface area contributed by atoms with Crippen LogP contribution in [0.1, 0.15) is 22.8 Å². The van der Waals surface area contributed by atoms with Crippen LogP contribution in [0.15, 0.2) is 53.7 Å². The molecular formula is C16H17N3OS. The zero-order valence-electron chi connectivity index (χ0n) is 11.5. The second-order valence-electron chi connectivity index (χ2n) is 4.66. The topological polar surface area (TPSA) is 82.9 Å². The van der Waals surface area contributed by atoms with Gasteiger partial charge >= 0.3 is 0 Å². The molecule has 3 N–H and O–H groups in total. The number of aromatic nitrogens is 1. The van der Waals surface area contributed by atoms with Crippen LogP contribution in [0.2, 0.25) is 0 Å². The Bertz CT molecular complexity index is 612. The zero-order chi connectivity index (χ0) is 15.1. The number of aliphatic hydroxyl groups excluding tert-OH is 1. The van der Waals surface area contributed by atoms with E-state index in [-0.39, 0.29) is 17.9 Å². The molecule has 0 bridgehead atoms. The fourth-order valence-electron chi connectivity index (χ4n) is 1.97. The van der Waals surface area contributed by atoms with E-state index in [4.69, 9.17) is 11.0 Å². The van der Waals surface area contributed by atoms with E-state index in [2.05, 4.69) is 11.1 Å². The van der Waals surface area contributed by atoms with Gasteiger partial charge < -0.3 is 10.8 Å². The normalized spacial score (nSPS) is 13.4. The largest absolute Gasteiger partial charge is 0.395 e. The number of nitriles is 1. The number of rotatable bonds is 6. The van der Waals surface area contributed by atoms with Crippen LogP contribution in [0.5, 0.6) is 0 Å². The summed E-state index contributed by atoms with van der Waals surface area (Å²) in [7, 11) is 0. The molecule has 5 heteroatoms. The molecule has 0 aliphatic rings. The SMILES string of the molecule is N#Cc1cccnc1S[C@H](C[C@H](N)CO)c1ccccc1. The van der Waals surface area contributed by atoms with Crippen molar-refractivity contribution in [2.75, 3.05) is 6.61 Å². The molecule has 108 valence electrons. The van der Waals surface area contributed by atoms with Gasteiger partial charge in [-0.3, -0.25) is 0 Å². The van der Waals surface area contributed by atoms with E-state index in [1.165, 1.54) is 11.8 Å². The molecule has 2 atom stereocenters. The summed E-state index contributed by atoms with van der Waals surface area (Å²) in [5, 5.41) is 19.1. The summed E-state index contributed by atoms with van der Waals surface area (Å²) in [4.78, 5) is 4.29. The molecule has 0 saturated carbocycles. The molecule has 21 heavy (non-hydrogen) atoms. The number of thioether (sulfide) groups is 1. The number of nitrogens with two attached hydrogens (primary N) is 1. The van der Waals surface area contributed by atoms with Crippen molar-refractivity contribution in [3.8, 4) is 6.07 Å². The second kappa shape index (κ2) is 7.79. The first-order valence-electron chi connectivity index (χ1n) is 6.67. The molecule has 0 aliphatic carbocycles. The van der Waals surface area contributed by atoms with Crippen LogP contribution in [0, 0.1) is 11.3 Å². The highest BCUT2D eigenvalue weighted by atomic mass is 32.2. The minimum atomic E-state index is -0.294. The van der Waals surface area contributed by atoms with Gasteiger partial charge in [0.15, 0.2) is 0 Å². The summed E-state index contributed by atoms with van der Waals surface area (Å²) >= 11 is 1.51. The monoisotopic (exact) mass is 299 g/mol. The summed E-state index contributed by atoms with van der Waals surface area (Å²) in [6, 6.07) is 15.3. The first-order valence-corrected chi connectivity index (χ1v) is 7.55. The van der Waals surface area contributed by atoms with E-state index in [0.29, 0.717) is 17.0 Å². The van der Waals surface area contributed by atoms with E-state index in [1.807, 2.05) is 30.3 Å². The summed E-state index contributed by atoms with van der Waals surface area (Å²) in [5.74, 6) is 0. The molecule has 4 nitrogen and oxygen atoms in total. The lowest BCUT2D eigenvalue weighted by Gasteiger charge is -2.20. The first-order chi connectivity index (χ1) is 10.2. The number of pyridine rings is 1. The first kappa shape index (κ1) is 15.5. The molecule has 1 aromatic carbocycles. The van der Waals surface area contributed by atoms with Gasteiger partial charge in [-0.1, -0.05) is 42.1 Å². The van der Waals surface area contributed by atoms with Crippen LogP contribution in [-0.4, -0.2) is 22.7 Å². The van der Waals surface area contributed by atoms with Crippen molar-refractivity contribution in [3.63, 3.8) is 0 Å². The minimum absolute atomic E-state index is 0.0512. The molecule has 1 aromatic heterocycles. The van der Waals surface area contributed by atoms with Gasteiger partial charge in [0.1, 0.15) is 11.1 Å². The lowest BCUT2D eigenvalue weighted by atomic mass is 10.1. The predicted molar refractivity (Wildman–Crippen MR) is 83.7 cm³/mol. The van der Waals surface area contributed by atoms with Crippen LogP contribution in [0.4, 0.5) is 0 Å². The van der Waals surface area contributed by atoms with E-state index in [9.17, 15) is 5.11 Å². The fraction of sp³-hybridized carbons (Fsp3) is 0.250. The van der Waals surface area contributed by atoms with Crippen LogP contribution >= 0.6 is 11.8 Å². The van der Waals surface area contributed by atoms with E-state index >= 15 is 0 Å². The molecule has 0 fully saturated rings. The van der Waals surface area contributed by atoms with Crippen molar-refractivity contribution in [1.29, 1.82) is 5.26 Å². The summed E-state index contributed by atoms with van der Waals surface area (Å²) in [6.07, 6.45) is 2.30. The molecule has 0 spiro atoms. The zero-order valence-corrected chi connectivity index (χ0v) is 12.3. The second-order valence-corrected chi connectivity index (χ2v) is 5.85. The van der Waals surface area contributed by atoms with Gasteiger partial charge in [0.2, 0.25) is 0 Å². The average molecular weight is 299 g/mol. The predicted octanol–water partition coefficient (Wildman–Crippen LogP) is 2.50. The Balaban J connectivity index is 2.26. The Morgan fingerprint density at radius 1 is 1.24 bits per heavy atom. The van der Waals surface area contributed by atoms with Crippen molar-refractivity contribution in [2.24, 2.45) is 5.73 Å². The smallest absolute Gasteiger partial charge is 0.114 e. The number of aliphatic hydroxyl groups is 1. The Morgan fingerprint density at radius 3 is 2.67 bits per heavy atom. The Labute approximate surface area is 128 Å². The van der Waals surface area contributed by atoms with Gasteiger partial charge in [0.05, 0.1) is 12.2 Å². The van der Waals surface area contributed by atoms with Crippen molar-refractivity contribution >= 4 is 11.8 Å². The minimum Gasteiger partial charge on any atom is -0.395 e. The van der Waals surface area contributed by atoms with Crippen molar-refractivity contribution in [2.45, 2.75) is 22.7 Å². The summed E-state index contributed by atoms with van der Waals surface area (Å²) < 4.78 is 0. The van der Waals surface area contributed by atoms with Crippen LogP contribution in [0.3, 0.4) is 0 Å². The molecule has 0 amide bonds. The third kappa shape index (κ3) is 4.30. The fourth-order valence-corrected chi connectivity index (χ4v) is 3.24. The summed E-state index contributed by atoms with van der Waals surface area (Å²) in [6.45, 7) is -0.0583. The van der Waals surface area contributed by atoms with Gasteiger partial charge in [-0.05, 0) is 24.1 Å². The van der Waals surface area contributed by atoms with Crippen LogP contribution < -0.4 is 5.73 Å². The molecule has 0 aliphatic heterocycles. The molecule has 1 heterocycles. The van der Waals surface area contributed by atoms with Gasteiger partial charge in [-0.15, -0.1) is 0 Å². The van der Waals surface area contributed by atoms with Gasteiger partial charge in [-0.2, -0.15) is 5.26 Å². The maximum absolute atomic E-state index is 9.20. The number of hydrogen-bond donors (Lipinski definition) is 2. The molecule has 0 unspecified atom stereocenters. The van der Waals surface area contributed by atoms with Crippen molar-refractivity contribution in [3.05, 3.63) is 59.8 Å². The van der Waals surface area contributed by atoms with E-state index in [1.54, 1.807) is 18.3 Å². The maximum Gasteiger partial charge on any atom is 0.114 e. The maximum atomic E-state index is 9.20. The van der Waals surface area contributed by atoms with E-state index < -0.39 is 0 Å². The Morgan fingerprint density at radius 2 is 2.00 bits per heavy atom. The Kier molecular flexibility index (Phi) is 5.76. The Hall–Kier alpha value is -1.87. The molecule has 2 aromatic rings. The summed E-state index contributed by atoms with van der Waals surface area (Å²) in [5.41, 5.74) is 7.56. The number of hydrogen-bond acceptors (Lipinski definition) is 5. The number of benzene rings is 1. The van der Waals surface area contributed by atoms with E-state index in [0.717, 1.165) is 5.56 Å². The van der Waals surface area contributed by atoms with Crippen molar-refractivity contribution < 1.29 is 5.11 Å². The lowest BCUT2D eigenvalue weighted by molar-refractivity contribution is 0.259. The quantitative estimate of drug-likeness (QED) is 0.801. The van der Waals surface area contributed by atoms with Crippen LogP contribution in [-0.2, 0) is 0 Å². The van der Waals surface area contributed by atoms with Gasteiger partial charge in [0.25, 0.3) is 0 Å². The third-order valence-corrected chi connectivity index (χ3v) is 4.37. The molecule has 0 radical (unpaired) electrons. The highest BCUT2D eigenvalue weighted by Gasteiger charge is 2.19. The van der Waals surface area contributed by atoms with Crippen molar-refractivity contribution in [1.82, 2.24) is 4.98 Å². The number of nitrogens with zero attached hydrogens (tertiary/aromatic N) is 2. The average Bonchev–Trinajstić information content (AvgIpc) is 2.55. The highest BCUT2D eigenvalue weighted by molar-refractivity contribution is 7.99. The van der Waals surface area contributed by atoms with Crippen LogP contribution in [0.25, 0.3) is 0 Å². The highest BCUT2D eigenvalue weighted by Crippen LogP contribution is 2.38. The van der Waals surface area contributed by atoms with Gasteiger partial charge in [-0.25, -0.2) is 4.98 Å². The molecular weight excluding hydrogens is 282 g/mol. The molecule has 2 rings (SSSR count). The molecule has 0 saturated heterocycles. The lowest BCUT2D eigenvalue weighted by Crippen LogP contribution is -2.26.